The Morgan fingerprint density at radius 3 is 2.26 bits per heavy atom. The van der Waals surface area contributed by atoms with Crippen LogP contribution in [0, 0.1) is 5.92 Å². The third kappa shape index (κ3) is 4.05. The molecule has 0 spiro atoms. The molecule has 1 aliphatic rings. The number of nitrogens with one attached hydrogen (secondary N) is 1. The summed E-state index contributed by atoms with van der Waals surface area (Å²) in [4.78, 5) is 0. The van der Waals surface area contributed by atoms with Crippen LogP contribution in [-0.2, 0) is 17.6 Å². The fourth-order valence-corrected chi connectivity index (χ4v) is 2.84. The Morgan fingerprint density at radius 1 is 1.16 bits per heavy atom. The van der Waals surface area contributed by atoms with Crippen LogP contribution in [0.5, 0.6) is 0 Å². The number of likely N-dealkylation sites (N-methyl/N-ethyl adjacent to an activating group) is 1. The van der Waals surface area contributed by atoms with Gasteiger partial charge >= 0.3 is 0 Å². The van der Waals surface area contributed by atoms with Gasteiger partial charge in [0.15, 0.2) is 0 Å². The molecule has 1 saturated carbocycles. The van der Waals surface area contributed by atoms with Gasteiger partial charge in [0.05, 0.1) is 6.10 Å². The summed E-state index contributed by atoms with van der Waals surface area (Å²) in [5, 5.41) is 3.61. The third-order valence-corrected chi connectivity index (χ3v) is 4.11. The molecule has 1 aliphatic carbocycles. The van der Waals surface area contributed by atoms with E-state index in [-0.39, 0.29) is 0 Å². The Morgan fingerprint density at radius 2 is 1.79 bits per heavy atom. The molecular weight excluding hydrogens is 234 g/mol. The highest BCUT2D eigenvalue weighted by Crippen LogP contribution is 2.36. The minimum Gasteiger partial charge on any atom is -0.380 e. The van der Waals surface area contributed by atoms with Crippen LogP contribution in [0.1, 0.15) is 37.8 Å². The molecule has 0 aliphatic heterocycles. The molecule has 0 aromatic heterocycles. The minimum atomic E-state index is 0.366. The molecule has 106 valence electrons. The van der Waals surface area contributed by atoms with Crippen LogP contribution < -0.4 is 5.32 Å². The standard InChI is InChI=1S/C17H27NO/c1-4-13-6-8-14(9-7-13)12-16(18-5-2)17(19-3)15-10-11-15/h6-9,15-18H,4-5,10-12H2,1-3H3. The molecule has 0 bridgehead atoms. The molecule has 2 heteroatoms. The van der Waals surface area contributed by atoms with E-state index in [1.165, 1.54) is 24.0 Å². The summed E-state index contributed by atoms with van der Waals surface area (Å²) in [6, 6.07) is 9.47. The molecule has 2 atom stereocenters. The lowest BCUT2D eigenvalue weighted by molar-refractivity contribution is 0.0516. The summed E-state index contributed by atoms with van der Waals surface area (Å²) in [6.07, 6.45) is 5.20. The molecule has 0 saturated heterocycles. The van der Waals surface area contributed by atoms with E-state index in [0.717, 1.165) is 25.3 Å². The topological polar surface area (TPSA) is 21.3 Å². The molecule has 1 N–H and O–H groups in total. The van der Waals surface area contributed by atoms with Gasteiger partial charge in [-0.05, 0) is 49.3 Å². The number of hydrogen-bond donors (Lipinski definition) is 1. The number of benzene rings is 1. The highest BCUT2D eigenvalue weighted by atomic mass is 16.5. The molecule has 2 unspecified atom stereocenters. The van der Waals surface area contributed by atoms with Crippen molar-refractivity contribution in [3.05, 3.63) is 35.4 Å². The van der Waals surface area contributed by atoms with Crippen LogP contribution in [0.4, 0.5) is 0 Å². The van der Waals surface area contributed by atoms with Crippen LogP contribution in [-0.4, -0.2) is 25.8 Å². The molecule has 0 amide bonds. The van der Waals surface area contributed by atoms with E-state index in [1.807, 2.05) is 7.11 Å². The summed E-state index contributed by atoms with van der Waals surface area (Å²) >= 11 is 0. The third-order valence-electron chi connectivity index (χ3n) is 4.11. The van der Waals surface area contributed by atoms with E-state index in [2.05, 4.69) is 43.4 Å². The summed E-state index contributed by atoms with van der Waals surface area (Å²) in [6.45, 7) is 5.38. The molecule has 1 aromatic rings. The quantitative estimate of drug-likeness (QED) is 0.776. The van der Waals surface area contributed by atoms with Crippen molar-refractivity contribution in [2.45, 2.75) is 51.7 Å². The Kier molecular flexibility index (Phi) is 5.41. The first-order valence-electron chi connectivity index (χ1n) is 7.62. The Labute approximate surface area is 117 Å². The second-order valence-corrected chi connectivity index (χ2v) is 5.58. The molecule has 1 aromatic carbocycles. The lowest BCUT2D eigenvalue weighted by Crippen LogP contribution is -2.43. The molecular formula is C17H27NO. The first-order valence-corrected chi connectivity index (χ1v) is 7.62. The number of methoxy groups -OCH3 is 1. The summed E-state index contributed by atoms with van der Waals surface area (Å²) in [7, 11) is 1.85. The molecule has 0 radical (unpaired) electrons. The van der Waals surface area contributed by atoms with Gasteiger partial charge in [-0.1, -0.05) is 38.1 Å². The van der Waals surface area contributed by atoms with E-state index in [0.29, 0.717) is 12.1 Å². The Hall–Kier alpha value is -0.860. The maximum absolute atomic E-state index is 5.74. The molecule has 1 fully saturated rings. The number of rotatable bonds is 8. The average molecular weight is 261 g/mol. The maximum atomic E-state index is 5.74. The average Bonchev–Trinajstić information content (AvgIpc) is 3.25. The Balaban J connectivity index is 2.01. The van der Waals surface area contributed by atoms with E-state index in [9.17, 15) is 0 Å². The van der Waals surface area contributed by atoms with Gasteiger partial charge in [0.25, 0.3) is 0 Å². The van der Waals surface area contributed by atoms with Crippen molar-refractivity contribution < 1.29 is 4.74 Å². The van der Waals surface area contributed by atoms with Gasteiger partial charge in [-0.2, -0.15) is 0 Å². The zero-order chi connectivity index (χ0) is 13.7. The Bertz CT molecular complexity index is 369. The number of ether oxygens (including phenoxy) is 1. The van der Waals surface area contributed by atoms with E-state index >= 15 is 0 Å². The van der Waals surface area contributed by atoms with Crippen molar-refractivity contribution in [3.8, 4) is 0 Å². The van der Waals surface area contributed by atoms with Crippen molar-refractivity contribution in [2.75, 3.05) is 13.7 Å². The highest BCUT2D eigenvalue weighted by molar-refractivity contribution is 5.23. The first-order chi connectivity index (χ1) is 9.28. The molecule has 2 nitrogen and oxygen atoms in total. The van der Waals surface area contributed by atoms with Gasteiger partial charge in [-0.3, -0.25) is 0 Å². The second-order valence-electron chi connectivity index (χ2n) is 5.58. The van der Waals surface area contributed by atoms with Gasteiger partial charge in [0.2, 0.25) is 0 Å². The van der Waals surface area contributed by atoms with Crippen LogP contribution >= 0.6 is 0 Å². The predicted molar refractivity (Wildman–Crippen MR) is 80.5 cm³/mol. The lowest BCUT2D eigenvalue weighted by atomic mass is 9.97. The summed E-state index contributed by atoms with van der Waals surface area (Å²) in [5.41, 5.74) is 2.82. The fraction of sp³-hybridized carbons (Fsp3) is 0.647. The highest BCUT2D eigenvalue weighted by Gasteiger charge is 2.36. The monoisotopic (exact) mass is 261 g/mol. The zero-order valence-electron chi connectivity index (χ0n) is 12.5. The minimum absolute atomic E-state index is 0.366. The SMILES string of the molecule is CCNC(Cc1ccc(CC)cc1)C(OC)C1CC1. The van der Waals surface area contributed by atoms with Gasteiger partial charge in [0, 0.05) is 13.2 Å². The van der Waals surface area contributed by atoms with Crippen LogP contribution in [0.25, 0.3) is 0 Å². The second kappa shape index (κ2) is 7.06. The largest absolute Gasteiger partial charge is 0.380 e. The van der Waals surface area contributed by atoms with E-state index in [1.54, 1.807) is 0 Å². The van der Waals surface area contributed by atoms with Crippen LogP contribution in [0.3, 0.4) is 0 Å². The smallest absolute Gasteiger partial charge is 0.0755 e. The van der Waals surface area contributed by atoms with Gasteiger partial charge in [-0.15, -0.1) is 0 Å². The van der Waals surface area contributed by atoms with Crippen LogP contribution in [0.2, 0.25) is 0 Å². The molecule has 0 heterocycles. The van der Waals surface area contributed by atoms with Crippen molar-refractivity contribution in [1.29, 1.82) is 0 Å². The van der Waals surface area contributed by atoms with Gasteiger partial charge < -0.3 is 10.1 Å². The lowest BCUT2D eigenvalue weighted by Gasteiger charge is -2.27. The molecule has 19 heavy (non-hydrogen) atoms. The zero-order valence-corrected chi connectivity index (χ0v) is 12.5. The fourth-order valence-electron chi connectivity index (χ4n) is 2.84. The normalized spacial score (nSPS) is 18.3. The summed E-state index contributed by atoms with van der Waals surface area (Å²) < 4.78 is 5.74. The predicted octanol–water partition coefficient (Wildman–Crippen LogP) is 3.19. The first kappa shape index (κ1) is 14.5. The summed E-state index contributed by atoms with van der Waals surface area (Å²) in [5.74, 6) is 0.768. The molecule has 2 rings (SSSR count). The maximum Gasteiger partial charge on any atom is 0.0755 e. The van der Waals surface area contributed by atoms with Crippen LogP contribution in [0.15, 0.2) is 24.3 Å². The van der Waals surface area contributed by atoms with E-state index < -0.39 is 0 Å². The number of aryl methyl sites for hydroxylation is 1. The van der Waals surface area contributed by atoms with E-state index in [4.69, 9.17) is 4.74 Å². The number of hydrogen-bond acceptors (Lipinski definition) is 2. The van der Waals surface area contributed by atoms with Crippen molar-refractivity contribution in [1.82, 2.24) is 5.32 Å². The van der Waals surface area contributed by atoms with Gasteiger partial charge in [-0.25, -0.2) is 0 Å². The van der Waals surface area contributed by atoms with Crippen molar-refractivity contribution >= 4 is 0 Å². The van der Waals surface area contributed by atoms with Crippen molar-refractivity contribution in [2.24, 2.45) is 5.92 Å². The van der Waals surface area contributed by atoms with Crippen molar-refractivity contribution in [3.63, 3.8) is 0 Å². The van der Waals surface area contributed by atoms with Gasteiger partial charge in [0.1, 0.15) is 0 Å².